The second-order valence-electron chi connectivity index (χ2n) is 9.64. The summed E-state index contributed by atoms with van der Waals surface area (Å²) >= 11 is 14.5. The minimum atomic E-state index is -3.67. The molecule has 42 heavy (non-hydrogen) atoms. The average molecular weight is 654 g/mol. The average Bonchev–Trinajstić information content (AvgIpc) is 3.38. The van der Waals surface area contributed by atoms with Gasteiger partial charge >= 0.3 is 11.7 Å². The Hall–Kier alpha value is -3.40. The molecule has 0 saturated carbocycles. The summed E-state index contributed by atoms with van der Waals surface area (Å²) in [6, 6.07) is 12.0. The normalized spacial score (nSPS) is 12.1. The molecule has 0 radical (unpaired) electrons. The van der Waals surface area contributed by atoms with Crippen LogP contribution < -0.4 is 16.0 Å². The fraction of sp³-hybridized carbons (Fsp3) is 0.269. The van der Waals surface area contributed by atoms with Crippen molar-refractivity contribution in [3.05, 3.63) is 95.0 Å². The molecular weight excluding hydrogens is 627 g/mol. The van der Waals surface area contributed by atoms with Crippen molar-refractivity contribution in [3.8, 4) is 16.9 Å². The van der Waals surface area contributed by atoms with E-state index < -0.39 is 32.8 Å². The number of nitrogens with one attached hydrogen (secondary N) is 2. The summed E-state index contributed by atoms with van der Waals surface area (Å²) in [6.07, 6.45) is 0.958. The number of esters is 1. The minimum Gasteiger partial charge on any atom is -0.460 e. The maximum Gasteiger partial charge on any atom is 0.350 e. The van der Waals surface area contributed by atoms with Crippen molar-refractivity contribution >= 4 is 50.7 Å². The monoisotopic (exact) mass is 652 g/mol. The lowest BCUT2D eigenvalue weighted by atomic mass is 9.85. The van der Waals surface area contributed by atoms with Gasteiger partial charge in [-0.05, 0) is 26.0 Å². The summed E-state index contributed by atoms with van der Waals surface area (Å²) in [5.41, 5.74) is -0.547. The van der Waals surface area contributed by atoms with Gasteiger partial charge in [0.15, 0.2) is 0 Å². The first-order valence-corrected chi connectivity index (χ1v) is 15.3. The van der Waals surface area contributed by atoms with E-state index in [4.69, 9.17) is 32.9 Å². The van der Waals surface area contributed by atoms with Crippen LogP contribution in [0, 0.1) is 0 Å². The number of hydrogen-bond donors (Lipinski definition) is 2. The van der Waals surface area contributed by atoms with E-state index >= 15 is 0 Å². The highest BCUT2D eigenvalue weighted by atomic mass is 35.5. The van der Waals surface area contributed by atoms with E-state index in [0.717, 1.165) is 26.5 Å². The highest BCUT2D eigenvalue weighted by molar-refractivity contribution is 7.87. The van der Waals surface area contributed by atoms with Crippen molar-refractivity contribution in [1.29, 1.82) is 0 Å². The summed E-state index contributed by atoms with van der Waals surface area (Å²) < 4.78 is 33.6. The molecule has 4 rings (SSSR count). The first-order chi connectivity index (χ1) is 19.7. The number of ether oxygens (including phenoxy) is 1. The second kappa shape index (κ2) is 12.5. The summed E-state index contributed by atoms with van der Waals surface area (Å²) in [4.78, 5) is 44.0. The Labute approximate surface area is 255 Å². The van der Waals surface area contributed by atoms with E-state index in [2.05, 4.69) is 14.8 Å². The largest absolute Gasteiger partial charge is 0.460 e. The molecule has 0 fully saturated rings. The van der Waals surface area contributed by atoms with Crippen LogP contribution in [0.2, 0.25) is 10.0 Å². The van der Waals surface area contributed by atoms with Gasteiger partial charge in [0, 0.05) is 47.2 Å². The van der Waals surface area contributed by atoms with Crippen molar-refractivity contribution in [2.24, 2.45) is 0 Å². The van der Waals surface area contributed by atoms with Gasteiger partial charge in [0.1, 0.15) is 22.7 Å². The SMILES string of the molecule is CN(C)S(=O)(=O)NCCOC(=O)c1sc(C(C)(C)c2c(Cl)cc(-n3ncc(=O)[nH]c3=O)cc2Cl)nc1-c1ccccc1. The Morgan fingerprint density at radius 1 is 1.14 bits per heavy atom. The molecule has 0 aliphatic heterocycles. The van der Waals surface area contributed by atoms with E-state index in [-0.39, 0.29) is 33.8 Å². The van der Waals surface area contributed by atoms with Crippen molar-refractivity contribution < 1.29 is 17.9 Å². The highest BCUT2D eigenvalue weighted by Gasteiger charge is 2.35. The van der Waals surface area contributed by atoms with E-state index in [9.17, 15) is 22.8 Å². The van der Waals surface area contributed by atoms with Gasteiger partial charge in [-0.15, -0.1) is 11.3 Å². The van der Waals surface area contributed by atoms with Crippen LogP contribution in [0.15, 0.2) is 58.3 Å². The molecule has 2 aromatic carbocycles. The lowest BCUT2D eigenvalue weighted by Gasteiger charge is -2.25. The van der Waals surface area contributed by atoms with Gasteiger partial charge in [0.05, 0.1) is 11.4 Å². The molecule has 12 nitrogen and oxygen atoms in total. The number of benzene rings is 2. The van der Waals surface area contributed by atoms with Crippen LogP contribution in [0.3, 0.4) is 0 Å². The Bertz CT molecular complexity index is 1830. The van der Waals surface area contributed by atoms with Gasteiger partial charge in [-0.3, -0.25) is 9.78 Å². The number of aromatic nitrogens is 4. The molecule has 0 aliphatic carbocycles. The van der Waals surface area contributed by atoms with E-state index in [1.807, 2.05) is 32.0 Å². The number of aromatic amines is 1. The maximum atomic E-state index is 13.2. The maximum absolute atomic E-state index is 13.2. The number of rotatable bonds is 10. The predicted octanol–water partition coefficient (Wildman–Crippen LogP) is 3.23. The molecule has 0 aliphatic rings. The number of nitrogens with zero attached hydrogens (tertiary/aromatic N) is 4. The van der Waals surface area contributed by atoms with Gasteiger partial charge in [-0.2, -0.15) is 27.2 Å². The molecule has 0 unspecified atom stereocenters. The van der Waals surface area contributed by atoms with Gasteiger partial charge in [0.25, 0.3) is 15.8 Å². The number of H-pyrrole nitrogens is 1. The zero-order valence-electron chi connectivity index (χ0n) is 22.8. The summed E-state index contributed by atoms with van der Waals surface area (Å²) in [5.74, 6) is -0.673. The standard InChI is InChI=1S/C26H26Cl2N6O6S2/c1-26(2,20-17(27)12-16(13-18(20)28)34-25(37)31-19(35)14-29-34)24-32-21(15-8-6-5-7-9-15)22(41-24)23(36)40-11-10-30-42(38,39)33(3)4/h5-9,12-14,30H,10-11H2,1-4H3,(H,31,35,37). The van der Waals surface area contributed by atoms with Crippen LogP contribution in [0.25, 0.3) is 16.9 Å². The summed E-state index contributed by atoms with van der Waals surface area (Å²) in [7, 11) is -0.907. The first-order valence-electron chi connectivity index (χ1n) is 12.3. The van der Waals surface area contributed by atoms with E-state index in [1.165, 1.54) is 26.2 Å². The molecule has 2 heterocycles. The van der Waals surface area contributed by atoms with Gasteiger partial charge in [-0.25, -0.2) is 14.6 Å². The molecule has 0 saturated heterocycles. The summed E-state index contributed by atoms with van der Waals surface area (Å²) in [6.45, 7) is 3.36. The van der Waals surface area contributed by atoms with Crippen LogP contribution in [-0.2, 0) is 20.4 Å². The molecule has 0 bridgehead atoms. The fourth-order valence-corrected chi connectivity index (χ4v) is 6.59. The van der Waals surface area contributed by atoms with E-state index in [0.29, 0.717) is 21.8 Å². The third-order valence-electron chi connectivity index (χ3n) is 6.10. The van der Waals surface area contributed by atoms with Gasteiger partial charge < -0.3 is 4.74 Å². The number of thiazole rings is 1. The predicted molar refractivity (Wildman–Crippen MR) is 161 cm³/mol. The fourth-order valence-electron chi connectivity index (χ4n) is 3.95. The van der Waals surface area contributed by atoms with Crippen LogP contribution in [0.1, 0.15) is 34.1 Å². The third kappa shape index (κ3) is 6.64. The Morgan fingerprint density at radius 2 is 1.79 bits per heavy atom. The topological polar surface area (TPSA) is 156 Å². The van der Waals surface area contributed by atoms with Crippen LogP contribution in [0.5, 0.6) is 0 Å². The molecule has 222 valence electrons. The molecule has 4 aromatic rings. The molecule has 2 aromatic heterocycles. The number of halogens is 2. The molecule has 0 amide bonds. The molecule has 16 heteroatoms. The van der Waals surface area contributed by atoms with Crippen molar-refractivity contribution in [2.45, 2.75) is 19.3 Å². The van der Waals surface area contributed by atoms with Gasteiger partial charge in [-0.1, -0.05) is 53.5 Å². The van der Waals surface area contributed by atoms with Crippen LogP contribution in [0.4, 0.5) is 0 Å². The highest BCUT2D eigenvalue weighted by Crippen LogP contribution is 2.44. The van der Waals surface area contributed by atoms with Crippen LogP contribution in [-0.4, -0.2) is 65.7 Å². The van der Waals surface area contributed by atoms with Crippen LogP contribution >= 0.6 is 34.5 Å². The lowest BCUT2D eigenvalue weighted by Crippen LogP contribution is -2.37. The minimum absolute atomic E-state index is 0.116. The first kappa shape index (κ1) is 31.5. The number of hydrogen-bond acceptors (Lipinski definition) is 9. The number of carbonyl (C=O) groups is 1. The molecule has 2 N–H and O–H groups in total. The second-order valence-corrected chi connectivity index (χ2v) is 13.4. The number of carbonyl (C=O) groups excluding carboxylic acids is 1. The smallest absolute Gasteiger partial charge is 0.350 e. The Morgan fingerprint density at radius 3 is 2.38 bits per heavy atom. The van der Waals surface area contributed by atoms with Crippen molar-refractivity contribution in [2.75, 3.05) is 27.2 Å². The zero-order chi connectivity index (χ0) is 30.8. The molecular formula is C26H26Cl2N6O6S2. The van der Waals surface area contributed by atoms with Crippen molar-refractivity contribution in [3.63, 3.8) is 0 Å². The van der Waals surface area contributed by atoms with Gasteiger partial charge in [0.2, 0.25) is 0 Å². The zero-order valence-corrected chi connectivity index (χ0v) is 26.0. The quantitative estimate of drug-likeness (QED) is 0.195. The third-order valence-corrected chi connectivity index (χ3v) is 9.59. The molecule has 0 spiro atoms. The summed E-state index contributed by atoms with van der Waals surface area (Å²) in [5, 5.41) is 4.75. The van der Waals surface area contributed by atoms with Crippen molar-refractivity contribution in [1.82, 2.24) is 28.8 Å². The lowest BCUT2D eigenvalue weighted by molar-refractivity contribution is 0.0519. The van der Waals surface area contributed by atoms with E-state index in [1.54, 1.807) is 12.1 Å². The molecule has 0 atom stereocenters. The Balaban J connectivity index is 1.70. The Kier molecular flexibility index (Phi) is 9.35.